The van der Waals surface area contributed by atoms with Gasteiger partial charge in [0.2, 0.25) is 5.91 Å². The fraction of sp³-hybridized carbons (Fsp3) is 0.543. The van der Waals surface area contributed by atoms with Crippen molar-refractivity contribution in [3.05, 3.63) is 47.4 Å². The molecule has 3 fully saturated rings. The fourth-order valence-electron chi connectivity index (χ4n) is 7.75. The average molecular weight is 646 g/mol. The summed E-state index contributed by atoms with van der Waals surface area (Å²) in [6.45, 7) is 3.32. The molecule has 4 aliphatic rings. The lowest BCUT2D eigenvalue weighted by atomic mass is 10.0. The molecule has 1 saturated heterocycles. The molecule has 0 unspecified atom stereocenters. The van der Waals surface area contributed by atoms with Crippen molar-refractivity contribution < 1.29 is 23.1 Å². The van der Waals surface area contributed by atoms with Gasteiger partial charge in [-0.05, 0) is 62.8 Å². The van der Waals surface area contributed by atoms with Crippen LogP contribution in [0.2, 0.25) is 0 Å². The number of pyridine rings is 1. The van der Waals surface area contributed by atoms with Gasteiger partial charge in [0.1, 0.15) is 17.6 Å². The van der Waals surface area contributed by atoms with E-state index < -0.39 is 23.9 Å². The van der Waals surface area contributed by atoms with Gasteiger partial charge in [0.05, 0.1) is 46.2 Å². The van der Waals surface area contributed by atoms with Gasteiger partial charge in [-0.1, -0.05) is 12.8 Å². The summed E-state index contributed by atoms with van der Waals surface area (Å²) in [7, 11) is 1.60. The number of rotatable bonds is 4. The Morgan fingerprint density at radius 2 is 1.91 bits per heavy atom. The van der Waals surface area contributed by atoms with E-state index in [9.17, 15) is 14.0 Å². The van der Waals surface area contributed by atoms with E-state index in [0.717, 1.165) is 54.5 Å². The lowest BCUT2D eigenvalue weighted by molar-refractivity contribution is -0.123. The van der Waals surface area contributed by atoms with E-state index in [1.807, 2.05) is 25.1 Å². The number of hydrogen-bond acceptors (Lipinski definition) is 6. The minimum atomic E-state index is -1.07. The largest absolute Gasteiger partial charge is 0.380 e. The van der Waals surface area contributed by atoms with Gasteiger partial charge in [0, 0.05) is 56.6 Å². The number of ether oxygens (including phenoxy) is 1. The molecule has 0 radical (unpaired) electrons. The molecule has 3 aromatic heterocycles. The van der Waals surface area contributed by atoms with Crippen LogP contribution in [0.25, 0.3) is 33.6 Å². The smallest absolute Gasteiger partial charge is 0.256 e. The summed E-state index contributed by atoms with van der Waals surface area (Å²) in [4.78, 5) is 38.0. The van der Waals surface area contributed by atoms with Crippen LogP contribution < -0.4 is 11.1 Å². The number of alkyl halides is 1. The van der Waals surface area contributed by atoms with Crippen molar-refractivity contribution >= 4 is 33.9 Å². The van der Waals surface area contributed by atoms with Crippen LogP contribution in [0.5, 0.6) is 0 Å². The number of aromatic nitrogens is 4. The SMILES string of the molecule is CO[C@@H]1CCN(C(=O)c2cc3nc(-c4cc5ccc6nc5n4CCCCC[C@@H]4C[C@H]4C(=O)N[C@@H]6C)n([C@H]4C[C@H]4F)c3cc2F)C[C@@H]1N. The van der Waals surface area contributed by atoms with Crippen molar-refractivity contribution in [3.63, 3.8) is 0 Å². The molecule has 47 heavy (non-hydrogen) atoms. The van der Waals surface area contributed by atoms with Gasteiger partial charge in [-0.25, -0.2) is 18.7 Å². The zero-order valence-electron chi connectivity index (χ0n) is 26.8. The number of likely N-dealkylation sites (tertiary alicyclic amines) is 1. The van der Waals surface area contributed by atoms with Crippen molar-refractivity contribution in [1.82, 2.24) is 29.3 Å². The second-order valence-corrected chi connectivity index (χ2v) is 13.9. The van der Waals surface area contributed by atoms with E-state index in [0.29, 0.717) is 48.7 Å². The number of carbonyl (C=O) groups excluding carboxylic acids is 2. The molecular formula is C35H41F2N7O3. The van der Waals surface area contributed by atoms with Gasteiger partial charge in [-0.2, -0.15) is 0 Å². The minimum absolute atomic E-state index is 0.0772. The van der Waals surface area contributed by atoms with Crippen LogP contribution in [0.15, 0.2) is 30.3 Å². The van der Waals surface area contributed by atoms with Crippen LogP contribution in [-0.2, 0) is 16.1 Å². The zero-order chi connectivity index (χ0) is 32.6. The van der Waals surface area contributed by atoms with Crippen LogP contribution in [-0.4, -0.2) is 74.3 Å². The number of carbonyl (C=O) groups is 2. The highest BCUT2D eigenvalue weighted by molar-refractivity contribution is 5.98. The Bertz CT molecular complexity index is 1890. The standard InChI is InChI=1S/C35H41F2N7O3/c1-18-26-8-7-20-13-30(43(32(20)40-26)10-5-3-4-6-19-12-21(19)34(45)39-18)33-41-27-14-22(23(36)15-29(27)44(33)28-16-24(28)37)35(46)42-11-9-31(47-2)25(38)17-42/h7-8,13-15,18-19,21,24-25,28,31H,3-6,9-12,16-17,38H2,1-2H3,(H,39,45)/t18-,19-,21-,24-,25+,28+,31-/m1/s1. The molecule has 12 heteroatoms. The number of nitrogens with one attached hydrogen (secondary N) is 1. The monoisotopic (exact) mass is 645 g/mol. The van der Waals surface area contributed by atoms with Gasteiger partial charge in [-0.15, -0.1) is 0 Å². The molecule has 7 atom stereocenters. The van der Waals surface area contributed by atoms with E-state index in [2.05, 4.69) is 9.88 Å². The Labute approximate surface area is 271 Å². The normalized spacial score (nSPS) is 29.5. The molecule has 2 aliphatic carbocycles. The van der Waals surface area contributed by atoms with E-state index in [1.54, 1.807) is 16.6 Å². The minimum Gasteiger partial charge on any atom is -0.380 e. The highest BCUT2D eigenvalue weighted by Gasteiger charge is 2.44. The zero-order valence-corrected chi connectivity index (χ0v) is 26.8. The maximum Gasteiger partial charge on any atom is 0.256 e. The quantitative estimate of drug-likeness (QED) is 0.321. The highest BCUT2D eigenvalue weighted by Crippen LogP contribution is 2.46. The van der Waals surface area contributed by atoms with Crippen LogP contribution >= 0.6 is 0 Å². The number of methoxy groups -OCH3 is 1. The number of imidazole rings is 1. The van der Waals surface area contributed by atoms with Crippen molar-refractivity contribution in [2.45, 2.75) is 88.8 Å². The maximum atomic E-state index is 15.8. The molecule has 10 nitrogen and oxygen atoms in total. The van der Waals surface area contributed by atoms with Gasteiger partial charge in [0.25, 0.3) is 5.91 Å². The Morgan fingerprint density at radius 1 is 1.09 bits per heavy atom. The molecule has 2 amide bonds. The van der Waals surface area contributed by atoms with Gasteiger partial charge >= 0.3 is 0 Å². The summed E-state index contributed by atoms with van der Waals surface area (Å²) < 4.78 is 40.0. The van der Waals surface area contributed by atoms with Crippen LogP contribution in [0, 0.1) is 17.7 Å². The van der Waals surface area contributed by atoms with E-state index in [-0.39, 0.29) is 42.1 Å². The lowest BCUT2D eigenvalue weighted by Crippen LogP contribution is -2.53. The predicted molar refractivity (Wildman–Crippen MR) is 173 cm³/mol. The third-order valence-electron chi connectivity index (χ3n) is 10.7. The summed E-state index contributed by atoms with van der Waals surface area (Å²) in [5, 5.41) is 4.07. The first-order chi connectivity index (χ1) is 22.7. The lowest BCUT2D eigenvalue weighted by Gasteiger charge is -2.35. The molecule has 2 saturated carbocycles. The van der Waals surface area contributed by atoms with Crippen molar-refractivity contribution in [1.29, 1.82) is 0 Å². The van der Waals surface area contributed by atoms with Crippen LogP contribution in [0.3, 0.4) is 0 Å². The molecule has 0 spiro atoms. The number of halogens is 2. The molecule has 8 rings (SSSR count). The molecule has 1 aromatic carbocycles. The Balaban J connectivity index is 1.21. The van der Waals surface area contributed by atoms with E-state index in [1.165, 1.54) is 12.1 Å². The topological polar surface area (TPSA) is 120 Å². The molecule has 3 N–H and O–H groups in total. The number of aryl methyl sites for hydroxylation is 1. The van der Waals surface area contributed by atoms with Crippen LogP contribution in [0.4, 0.5) is 8.78 Å². The van der Waals surface area contributed by atoms with E-state index in [4.69, 9.17) is 20.4 Å². The molecular weight excluding hydrogens is 604 g/mol. The number of benzene rings is 1. The Morgan fingerprint density at radius 3 is 2.68 bits per heavy atom. The van der Waals surface area contributed by atoms with Crippen LogP contribution in [0.1, 0.15) is 80.0 Å². The summed E-state index contributed by atoms with van der Waals surface area (Å²) in [5.74, 6) is 0.0737. The van der Waals surface area contributed by atoms with Gasteiger partial charge in [0.15, 0.2) is 5.82 Å². The van der Waals surface area contributed by atoms with Gasteiger partial charge in [-0.3, -0.25) is 9.59 Å². The number of hydrogen-bond donors (Lipinski definition) is 2. The number of nitrogens with zero attached hydrogens (tertiary/aromatic N) is 5. The maximum absolute atomic E-state index is 15.8. The Kier molecular flexibility index (Phi) is 7.55. The highest BCUT2D eigenvalue weighted by atomic mass is 19.1. The third kappa shape index (κ3) is 5.39. The average Bonchev–Trinajstić information content (AvgIpc) is 3.93. The first-order valence-electron chi connectivity index (χ1n) is 17.0. The third-order valence-corrected chi connectivity index (χ3v) is 10.7. The van der Waals surface area contributed by atoms with Crippen molar-refractivity contribution in [2.75, 3.05) is 20.2 Å². The summed E-state index contributed by atoms with van der Waals surface area (Å²) in [5.41, 5.74) is 9.35. The van der Waals surface area contributed by atoms with Gasteiger partial charge < -0.3 is 29.8 Å². The first kappa shape index (κ1) is 30.4. The molecule has 2 bridgehead atoms. The van der Waals surface area contributed by atoms with E-state index >= 15 is 4.39 Å². The second-order valence-electron chi connectivity index (χ2n) is 13.9. The summed E-state index contributed by atoms with van der Waals surface area (Å²) in [6.07, 6.45) is 4.62. The summed E-state index contributed by atoms with van der Waals surface area (Å²) in [6, 6.07) is 7.68. The molecule has 4 aromatic rings. The summed E-state index contributed by atoms with van der Waals surface area (Å²) >= 11 is 0. The Hall–Kier alpha value is -3.90. The predicted octanol–water partition coefficient (Wildman–Crippen LogP) is 5.05. The molecule has 2 aliphatic heterocycles. The fourth-order valence-corrected chi connectivity index (χ4v) is 7.75. The molecule has 248 valence electrons. The number of nitrogens with two attached hydrogens (primary N) is 1. The van der Waals surface area contributed by atoms with Crippen molar-refractivity contribution in [2.24, 2.45) is 17.6 Å². The number of fused-ring (bicyclic) bond motifs is 3. The van der Waals surface area contributed by atoms with Crippen molar-refractivity contribution in [3.8, 4) is 11.5 Å². The number of piperidine rings is 1. The number of amides is 2. The molecule has 5 heterocycles. The second kappa shape index (κ2) is 11.7. The first-order valence-corrected chi connectivity index (χ1v) is 17.0.